The number of hydrogen-bond donors (Lipinski definition) is 1. The van der Waals surface area contributed by atoms with Crippen molar-refractivity contribution in [3.05, 3.63) is 0 Å². The summed E-state index contributed by atoms with van der Waals surface area (Å²) < 4.78 is 36.3. The van der Waals surface area contributed by atoms with E-state index in [1.165, 1.54) is 11.8 Å². The van der Waals surface area contributed by atoms with Gasteiger partial charge in [-0.3, -0.25) is 9.69 Å². The Hall–Kier alpha value is -0.620. The Balaban J connectivity index is 2.46. The molecule has 0 aromatic rings. The first-order chi connectivity index (χ1) is 7.30. The van der Waals surface area contributed by atoms with Crippen molar-refractivity contribution < 1.29 is 23.1 Å². The van der Waals surface area contributed by atoms with E-state index in [0.29, 0.717) is 19.5 Å². The molecule has 1 rings (SSSR count). The van der Waals surface area contributed by atoms with E-state index in [9.17, 15) is 18.0 Å². The number of halogens is 3. The average Bonchev–Trinajstić information content (AvgIpc) is 2.16. The van der Waals surface area contributed by atoms with Crippen molar-refractivity contribution in [3.8, 4) is 0 Å². The van der Waals surface area contributed by atoms with Gasteiger partial charge in [0.1, 0.15) is 5.78 Å². The van der Waals surface area contributed by atoms with Gasteiger partial charge in [0.2, 0.25) is 0 Å². The maximum Gasteiger partial charge on any atom is 0.415 e. The van der Waals surface area contributed by atoms with Gasteiger partial charge in [-0.15, -0.1) is 0 Å². The quantitative estimate of drug-likeness (QED) is 0.804. The average molecular weight is 239 g/mol. The molecule has 1 fully saturated rings. The number of piperidine rings is 1. The first-order valence-electron chi connectivity index (χ1n) is 5.28. The van der Waals surface area contributed by atoms with Crippen LogP contribution in [0.1, 0.15) is 19.8 Å². The summed E-state index contributed by atoms with van der Waals surface area (Å²) in [5.74, 6) is -0.180. The molecule has 1 aliphatic rings. The van der Waals surface area contributed by atoms with Crippen LogP contribution >= 0.6 is 0 Å². The minimum absolute atomic E-state index is 0.00574. The SMILES string of the molecule is CC(=O)C1CCCN(CC(O)C(F)(F)F)C1. The Morgan fingerprint density at radius 3 is 2.69 bits per heavy atom. The second kappa shape index (κ2) is 5.14. The summed E-state index contributed by atoms with van der Waals surface area (Å²) in [5, 5.41) is 8.91. The van der Waals surface area contributed by atoms with Crippen LogP contribution in [0.4, 0.5) is 13.2 Å². The summed E-state index contributed by atoms with van der Waals surface area (Å²) in [6.07, 6.45) is -5.47. The molecule has 0 aromatic heterocycles. The van der Waals surface area contributed by atoms with Gasteiger partial charge < -0.3 is 5.11 Å². The predicted octanol–water partition coefficient (Wildman–Crippen LogP) is 1.21. The zero-order valence-corrected chi connectivity index (χ0v) is 9.13. The number of Topliss-reactive ketones (excluding diaryl/α,β-unsaturated/α-hetero) is 1. The number of aliphatic hydroxyl groups is 1. The molecule has 2 unspecified atom stereocenters. The van der Waals surface area contributed by atoms with Crippen LogP contribution < -0.4 is 0 Å². The highest BCUT2D eigenvalue weighted by molar-refractivity contribution is 5.78. The zero-order valence-electron chi connectivity index (χ0n) is 9.13. The van der Waals surface area contributed by atoms with Gasteiger partial charge in [-0.2, -0.15) is 13.2 Å². The number of carbonyl (C=O) groups excluding carboxylic acids is 1. The maximum atomic E-state index is 12.1. The molecule has 0 aliphatic carbocycles. The lowest BCUT2D eigenvalue weighted by Gasteiger charge is -2.33. The molecule has 94 valence electrons. The molecule has 0 bridgehead atoms. The molecule has 0 spiro atoms. The number of ketones is 1. The van der Waals surface area contributed by atoms with E-state index in [4.69, 9.17) is 5.11 Å². The fourth-order valence-electron chi connectivity index (χ4n) is 1.90. The zero-order chi connectivity index (χ0) is 12.3. The number of hydrogen-bond acceptors (Lipinski definition) is 3. The molecule has 6 heteroatoms. The largest absolute Gasteiger partial charge is 0.415 e. The third-order valence-corrected chi connectivity index (χ3v) is 2.89. The highest BCUT2D eigenvalue weighted by Gasteiger charge is 2.39. The number of aliphatic hydroxyl groups excluding tert-OH is 1. The van der Waals surface area contributed by atoms with Crippen LogP contribution in [0.2, 0.25) is 0 Å². The summed E-state index contributed by atoms with van der Waals surface area (Å²) in [6.45, 7) is 1.85. The molecule has 0 radical (unpaired) electrons. The lowest BCUT2D eigenvalue weighted by atomic mass is 9.94. The predicted molar refractivity (Wildman–Crippen MR) is 51.9 cm³/mol. The Bertz CT molecular complexity index is 255. The Labute approximate surface area is 92.2 Å². The molecule has 2 atom stereocenters. The number of carbonyl (C=O) groups is 1. The van der Waals surface area contributed by atoms with Crippen molar-refractivity contribution in [3.63, 3.8) is 0 Å². The van der Waals surface area contributed by atoms with E-state index in [0.717, 1.165) is 6.42 Å². The standard InChI is InChI=1S/C10H16F3NO2/c1-7(15)8-3-2-4-14(5-8)6-9(16)10(11,12)13/h8-9,16H,2-6H2,1H3. The first kappa shape index (κ1) is 13.4. The van der Waals surface area contributed by atoms with Crippen LogP contribution in [0.25, 0.3) is 0 Å². The topological polar surface area (TPSA) is 40.5 Å². The third kappa shape index (κ3) is 3.75. The van der Waals surface area contributed by atoms with Crippen LogP contribution in [-0.4, -0.2) is 47.7 Å². The third-order valence-electron chi connectivity index (χ3n) is 2.89. The van der Waals surface area contributed by atoms with Gasteiger partial charge in [-0.05, 0) is 26.3 Å². The Morgan fingerprint density at radius 1 is 1.56 bits per heavy atom. The lowest BCUT2D eigenvalue weighted by molar-refractivity contribution is -0.209. The number of nitrogens with zero attached hydrogens (tertiary/aromatic N) is 1. The lowest BCUT2D eigenvalue weighted by Crippen LogP contribution is -2.46. The molecule has 1 heterocycles. The van der Waals surface area contributed by atoms with Crippen LogP contribution in [0, 0.1) is 5.92 Å². The van der Waals surface area contributed by atoms with Crippen molar-refractivity contribution in [2.45, 2.75) is 32.0 Å². The molecule has 0 aromatic carbocycles. The van der Waals surface area contributed by atoms with Gasteiger partial charge >= 0.3 is 6.18 Å². The second-order valence-corrected chi connectivity index (χ2v) is 4.27. The molecule has 3 nitrogen and oxygen atoms in total. The summed E-state index contributed by atoms with van der Waals surface area (Å²) in [4.78, 5) is 12.6. The molecule has 1 N–H and O–H groups in total. The van der Waals surface area contributed by atoms with E-state index < -0.39 is 18.8 Å². The maximum absolute atomic E-state index is 12.1. The molecular weight excluding hydrogens is 223 g/mol. The Kier molecular flexibility index (Phi) is 4.32. The molecular formula is C10H16F3NO2. The van der Waals surface area contributed by atoms with Gasteiger partial charge in [0.05, 0.1) is 0 Å². The number of β-amino-alcohol motifs (C(OH)–C–C–N with tert-alkyl or cyclic N) is 1. The number of rotatable bonds is 3. The van der Waals surface area contributed by atoms with Crippen molar-refractivity contribution >= 4 is 5.78 Å². The minimum atomic E-state index is -4.58. The number of alkyl halides is 3. The fraction of sp³-hybridized carbons (Fsp3) is 0.900. The molecule has 1 aliphatic heterocycles. The molecule has 0 saturated carbocycles. The number of likely N-dealkylation sites (tertiary alicyclic amines) is 1. The van der Waals surface area contributed by atoms with Crippen molar-refractivity contribution in [1.82, 2.24) is 4.90 Å². The smallest absolute Gasteiger partial charge is 0.382 e. The van der Waals surface area contributed by atoms with Crippen LogP contribution in [-0.2, 0) is 4.79 Å². The van der Waals surface area contributed by atoms with E-state index in [1.807, 2.05) is 0 Å². The van der Waals surface area contributed by atoms with E-state index >= 15 is 0 Å². The first-order valence-corrected chi connectivity index (χ1v) is 5.28. The fourth-order valence-corrected chi connectivity index (χ4v) is 1.90. The van der Waals surface area contributed by atoms with E-state index in [1.54, 1.807) is 0 Å². The van der Waals surface area contributed by atoms with Crippen molar-refractivity contribution in [1.29, 1.82) is 0 Å². The summed E-state index contributed by atoms with van der Waals surface area (Å²) >= 11 is 0. The summed E-state index contributed by atoms with van der Waals surface area (Å²) in [7, 11) is 0. The highest BCUT2D eigenvalue weighted by atomic mass is 19.4. The van der Waals surface area contributed by atoms with Crippen molar-refractivity contribution in [2.75, 3.05) is 19.6 Å². The van der Waals surface area contributed by atoms with Crippen LogP contribution in [0.15, 0.2) is 0 Å². The Morgan fingerprint density at radius 2 is 2.19 bits per heavy atom. The monoisotopic (exact) mass is 239 g/mol. The molecule has 1 saturated heterocycles. The van der Waals surface area contributed by atoms with Gasteiger partial charge in [-0.1, -0.05) is 0 Å². The van der Waals surface area contributed by atoms with Gasteiger partial charge in [0.15, 0.2) is 6.10 Å². The van der Waals surface area contributed by atoms with Gasteiger partial charge in [0.25, 0.3) is 0 Å². The van der Waals surface area contributed by atoms with Gasteiger partial charge in [0, 0.05) is 19.0 Å². The van der Waals surface area contributed by atoms with Gasteiger partial charge in [-0.25, -0.2) is 0 Å². The normalized spacial score (nSPS) is 25.4. The minimum Gasteiger partial charge on any atom is -0.382 e. The van der Waals surface area contributed by atoms with E-state index in [2.05, 4.69) is 0 Å². The summed E-state index contributed by atoms with van der Waals surface area (Å²) in [5.41, 5.74) is 0. The van der Waals surface area contributed by atoms with Crippen LogP contribution in [0.5, 0.6) is 0 Å². The summed E-state index contributed by atoms with van der Waals surface area (Å²) in [6, 6.07) is 0. The molecule has 16 heavy (non-hydrogen) atoms. The highest BCUT2D eigenvalue weighted by Crippen LogP contribution is 2.23. The van der Waals surface area contributed by atoms with Crippen molar-refractivity contribution in [2.24, 2.45) is 5.92 Å². The van der Waals surface area contributed by atoms with Crippen LogP contribution in [0.3, 0.4) is 0 Å². The molecule has 0 amide bonds. The van der Waals surface area contributed by atoms with E-state index in [-0.39, 0.29) is 11.7 Å². The second-order valence-electron chi connectivity index (χ2n) is 4.27.